The van der Waals surface area contributed by atoms with Gasteiger partial charge in [-0.25, -0.2) is 0 Å². The number of nitrogens with one attached hydrogen (secondary N) is 1. The number of anilines is 1. The molecule has 0 amide bonds. The second-order valence-electron chi connectivity index (χ2n) is 5.09. The number of hydrogen-bond acceptors (Lipinski definition) is 3. The predicted molar refractivity (Wildman–Crippen MR) is 92.4 cm³/mol. The average Bonchev–Trinajstić information content (AvgIpc) is 2.48. The van der Waals surface area contributed by atoms with E-state index in [1.807, 2.05) is 37.7 Å². The van der Waals surface area contributed by atoms with E-state index >= 15 is 0 Å². The fourth-order valence-electron chi connectivity index (χ4n) is 2.05. The van der Waals surface area contributed by atoms with Crippen molar-refractivity contribution in [3.8, 4) is 5.75 Å². The third-order valence-corrected chi connectivity index (χ3v) is 3.92. The highest BCUT2D eigenvalue weighted by Crippen LogP contribution is 2.27. The van der Waals surface area contributed by atoms with Crippen LogP contribution in [0.25, 0.3) is 0 Å². The Hall–Kier alpha value is -1.61. The van der Waals surface area contributed by atoms with Gasteiger partial charge in [0.1, 0.15) is 5.75 Å². The lowest BCUT2D eigenvalue weighted by Gasteiger charge is -2.12. The third-order valence-electron chi connectivity index (χ3n) is 2.97. The van der Waals surface area contributed by atoms with E-state index in [1.165, 1.54) is 16.1 Å². The molecule has 0 fully saturated rings. The summed E-state index contributed by atoms with van der Waals surface area (Å²) < 4.78 is 5.66. The molecule has 0 unspecified atom stereocenters. The minimum Gasteiger partial charge on any atom is -0.491 e. The highest BCUT2D eigenvalue weighted by Gasteiger charge is 2.02. The van der Waals surface area contributed by atoms with Crippen LogP contribution >= 0.6 is 11.8 Å². The van der Waals surface area contributed by atoms with Crippen molar-refractivity contribution < 1.29 is 4.74 Å². The highest BCUT2D eigenvalue weighted by atomic mass is 32.2. The second kappa shape index (κ2) is 7.99. The van der Waals surface area contributed by atoms with E-state index in [1.54, 1.807) is 0 Å². The minimum absolute atomic E-state index is 0.215. The summed E-state index contributed by atoms with van der Waals surface area (Å²) in [7, 11) is 0. The van der Waals surface area contributed by atoms with E-state index < -0.39 is 0 Å². The zero-order chi connectivity index (χ0) is 15.1. The van der Waals surface area contributed by atoms with E-state index in [4.69, 9.17) is 4.74 Å². The molecule has 0 bridgehead atoms. The molecule has 2 nitrogen and oxygen atoms in total. The monoisotopic (exact) mass is 301 g/mol. The van der Waals surface area contributed by atoms with Crippen LogP contribution in [-0.4, -0.2) is 11.9 Å². The van der Waals surface area contributed by atoms with Crippen molar-refractivity contribution in [1.29, 1.82) is 0 Å². The molecular weight excluding hydrogens is 278 g/mol. The molecule has 2 aromatic rings. The fraction of sp³-hybridized carbons (Fsp3) is 0.333. The molecule has 112 valence electrons. The van der Waals surface area contributed by atoms with E-state index in [9.17, 15) is 0 Å². The largest absolute Gasteiger partial charge is 0.491 e. The Balaban J connectivity index is 1.96. The van der Waals surface area contributed by atoms with Crippen molar-refractivity contribution in [2.45, 2.75) is 38.3 Å². The van der Waals surface area contributed by atoms with Crippen molar-refractivity contribution in [1.82, 2.24) is 0 Å². The molecule has 0 heterocycles. The molecule has 0 aliphatic rings. The fourth-order valence-corrected chi connectivity index (χ4v) is 2.83. The van der Waals surface area contributed by atoms with Crippen LogP contribution in [0.2, 0.25) is 0 Å². The Bertz CT molecular complexity index is 551. The Kier molecular flexibility index (Phi) is 6.00. The Morgan fingerprint density at radius 2 is 1.76 bits per heavy atom. The molecule has 0 aromatic heterocycles. The van der Waals surface area contributed by atoms with Crippen LogP contribution in [-0.2, 0) is 6.54 Å². The van der Waals surface area contributed by atoms with Crippen molar-refractivity contribution in [2.24, 2.45) is 0 Å². The van der Waals surface area contributed by atoms with Crippen LogP contribution in [0.15, 0.2) is 53.4 Å². The van der Waals surface area contributed by atoms with Crippen LogP contribution < -0.4 is 10.1 Å². The summed E-state index contributed by atoms with van der Waals surface area (Å²) in [6.45, 7) is 7.08. The third kappa shape index (κ3) is 5.01. The summed E-state index contributed by atoms with van der Waals surface area (Å²) in [5.74, 6) is 2.01. The number of rotatable bonds is 7. The van der Waals surface area contributed by atoms with Crippen molar-refractivity contribution in [3.63, 3.8) is 0 Å². The Morgan fingerprint density at radius 1 is 1.05 bits per heavy atom. The quantitative estimate of drug-likeness (QED) is 0.710. The molecule has 2 aromatic carbocycles. The molecular formula is C18H23NOS. The Labute approximate surface area is 131 Å². The average molecular weight is 301 g/mol. The zero-order valence-electron chi connectivity index (χ0n) is 12.9. The summed E-state index contributed by atoms with van der Waals surface area (Å²) in [5.41, 5.74) is 2.45. The SMILES string of the molecule is CCSc1ccccc1NCc1ccc(OC(C)C)cc1. The van der Waals surface area contributed by atoms with Gasteiger partial charge in [-0.1, -0.05) is 31.2 Å². The van der Waals surface area contributed by atoms with Gasteiger partial charge in [0, 0.05) is 17.1 Å². The smallest absolute Gasteiger partial charge is 0.119 e. The van der Waals surface area contributed by atoms with Gasteiger partial charge in [-0.2, -0.15) is 0 Å². The summed E-state index contributed by atoms with van der Waals surface area (Å²) in [4.78, 5) is 1.31. The number of hydrogen-bond donors (Lipinski definition) is 1. The van der Waals surface area contributed by atoms with Gasteiger partial charge in [0.15, 0.2) is 0 Å². The van der Waals surface area contributed by atoms with Crippen LogP contribution in [0.5, 0.6) is 5.75 Å². The predicted octanol–water partition coefficient (Wildman–Crippen LogP) is 5.20. The molecule has 0 saturated heterocycles. The summed E-state index contributed by atoms with van der Waals surface area (Å²) in [6, 6.07) is 16.7. The first-order chi connectivity index (χ1) is 10.2. The Morgan fingerprint density at radius 3 is 2.43 bits per heavy atom. The van der Waals surface area contributed by atoms with Crippen LogP contribution in [0.3, 0.4) is 0 Å². The first kappa shape index (κ1) is 15.8. The summed E-state index contributed by atoms with van der Waals surface area (Å²) in [6.07, 6.45) is 0.215. The lowest BCUT2D eigenvalue weighted by atomic mass is 10.2. The number of para-hydroxylation sites is 1. The van der Waals surface area contributed by atoms with Crippen molar-refractivity contribution in [3.05, 3.63) is 54.1 Å². The standard InChI is InChI=1S/C18H23NOS/c1-4-21-18-8-6-5-7-17(18)19-13-15-9-11-16(12-10-15)20-14(2)3/h5-12,14,19H,4,13H2,1-3H3. The first-order valence-corrected chi connectivity index (χ1v) is 8.39. The highest BCUT2D eigenvalue weighted by molar-refractivity contribution is 7.99. The maximum atomic E-state index is 5.66. The van der Waals surface area contributed by atoms with Gasteiger partial charge in [0.25, 0.3) is 0 Å². The lowest BCUT2D eigenvalue weighted by Crippen LogP contribution is -2.05. The van der Waals surface area contributed by atoms with Gasteiger partial charge in [-0.3, -0.25) is 0 Å². The lowest BCUT2D eigenvalue weighted by molar-refractivity contribution is 0.242. The van der Waals surface area contributed by atoms with Crippen molar-refractivity contribution >= 4 is 17.4 Å². The van der Waals surface area contributed by atoms with Crippen LogP contribution in [0.4, 0.5) is 5.69 Å². The van der Waals surface area contributed by atoms with E-state index in [0.29, 0.717) is 0 Å². The molecule has 0 aliphatic heterocycles. The number of benzene rings is 2. The molecule has 0 spiro atoms. The van der Waals surface area contributed by atoms with Gasteiger partial charge in [0.05, 0.1) is 6.10 Å². The van der Waals surface area contributed by atoms with Gasteiger partial charge in [-0.15, -0.1) is 11.8 Å². The van der Waals surface area contributed by atoms with Crippen LogP contribution in [0.1, 0.15) is 26.3 Å². The van der Waals surface area contributed by atoms with Crippen LogP contribution in [0, 0.1) is 0 Å². The second-order valence-corrected chi connectivity index (χ2v) is 6.40. The maximum absolute atomic E-state index is 5.66. The number of ether oxygens (including phenoxy) is 1. The van der Waals surface area contributed by atoms with E-state index in [-0.39, 0.29) is 6.10 Å². The topological polar surface area (TPSA) is 21.3 Å². The van der Waals surface area contributed by atoms with E-state index in [0.717, 1.165) is 18.0 Å². The first-order valence-electron chi connectivity index (χ1n) is 7.40. The summed E-state index contributed by atoms with van der Waals surface area (Å²) >= 11 is 1.86. The molecule has 3 heteroatoms. The molecule has 21 heavy (non-hydrogen) atoms. The molecule has 1 N–H and O–H groups in total. The molecule has 0 radical (unpaired) electrons. The van der Waals surface area contributed by atoms with Crippen molar-refractivity contribution in [2.75, 3.05) is 11.1 Å². The van der Waals surface area contributed by atoms with Gasteiger partial charge < -0.3 is 10.1 Å². The van der Waals surface area contributed by atoms with Gasteiger partial charge >= 0.3 is 0 Å². The summed E-state index contributed by atoms with van der Waals surface area (Å²) in [5, 5.41) is 3.51. The van der Waals surface area contributed by atoms with Gasteiger partial charge in [-0.05, 0) is 49.4 Å². The molecule has 0 saturated carbocycles. The molecule has 0 atom stereocenters. The molecule has 2 rings (SSSR count). The zero-order valence-corrected chi connectivity index (χ0v) is 13.7. The number of thioether (sulfide) groups is 1. The normalized spacial score (nSPS) is 10.7. The van der Waals surface area contributed by atoms with Gasteiger partial charge in [0.2, 0.25) is 0 Å². The maximum Gasteiger partial charge on any atom is 0.119 e. The van der Waals surface area contributed by atoms with E-state index in [2.05, 4.69) is 48.6 Å². The minimum atomic E-state index is 0.215. The molecule has 0 aliphatic carbocycles.